The van der Waals surface area contributed by atoms with Crippen LogP contribution in [-0.4, -0.2) is 17.7 Å². The third-order valence-electron chi connectivity index (χ3n) is 4.04. The predicted octanol–water partition coefficient (Wildman–Crippen LogP) is 3.24. The molecule has 19 heavy (non-hydrogen) atoms. The first-order valence-corrected chi connectivity index (χ1v) is 7.01. The molecule has 3 unspecified atom stereocenters. The van der Waals surface area contributed by atoms with Gasteiger partial charge in [0, 0.05) is 23.8 Å². The normalized spacial score (nSPS) is 24.9. The van der Waals surface area contributed by atoms with Crippen molar-refractivity contribution in [3.63, 3.8) is 0 Å². The lowest BCUT2D eigenvalue weighted by atomic mass is 9.93. The summed E-state index contributed by atoms with van der Waals surface area (Å²) in [6, 6.07) is 8.23. The van der Waals surface area contributed by atoms with E-state index in [0.717, 1.165) is 24.2 Å². The maximum atomic E-state index is 9.94. The highest BCUT2D eigenvalue weighted by Crippen LogP contribution is 2.33. The standard InChI is InChI=1S/C16H22N2O/c1-11-4-5-12(2)18(10-11)16-8-14(9-17)6-7-15(16)13(3)19/h6-8,11-13,19H,4-5,10H2,1-3H3. The summed E-state index contributed by atoms with van der Waals surface area (Å²) in [4.78, 5) is 2.34. The van der Waals surface area contributed by atoms with Crippen molar-refractivity contribution in [3.05, 3.63) is 29.3 Å². The van der Waals surface area contributed by atoms with Crippen molar-refractivity contribution in [3.8, 4) is 6.07 Å². The fourth-order valence-corrected chi connectivity index (χ4v) is 2.84. The number of nitriles is 1. The third-order valence-corrected chi connectivity index (χ3v) is 4.04. The van der Waals surface area contributed by atoms with Gasteiger partial charge in [0.2, 0.25) is 0 Å². The number of hydrogen-bond donors (Lipinski definition) is 1. The van der Waals surface area contributed by atoms with Crippen molar-refractivity contribution in [2.24, 2.45) is 5.92 Å². The molecular formula is C16H22N2O. The maximum absolute atomic E-state index is 9.94. The van der Waals surface area contributed by atoms with Crippen LogP contribution in [0.15, 0.2) is 18.2 Å². The van der Waals surface area contributed by atoms with Crippen molar-refractivity contribution < 1.29 is 5.11 Å². The average Bonchev–Trinajstić information content (AvgIpc) is 2.40. The molecule has 3 atom stereocenters. The summed E-state index contributed by atoms with van der Waals surface area (Å²) in [6.45, 7) is 7.25. The van der Waals surface area contributed by atoms with Crippen molar-refractivity contribution in [2.75, 3.05) is 11.4 Å². The monoisotopic (exact) mass is 258 g/mol. The number of aliphatic hydroxyl groups excluding tert-OH is 1. The fraction of sp³-hybridized carbons (Fsp3) is 0.562. The second kappa shape index (κ2) is 5.63. The third kappa shape index (κ3) is 2.90. The fourth-order valence-electron chi connectivity index (χ4n) is 2.84. The van der Waals surface area contributed by atoms with Crippen LogP contribution in [0.5, 0.6) is 0 Å². The Morgan fingerprint density at radius 3 is 2.74 bits per heavy atom. The van der Waals surface area contributed by atoms with Gasteiger partial charge in [-0.3, -0.25) is 0 Å². The predicted molar refractivity (Wildman–Crippen MR) is 77.0 cm³/mol. The van der Waals surface area contributed by atoms with Crippen LogP contribution in [0.1, 0.15) is 50.8 Å². The minimum Gasteiger partial charge on any atom is -0.389 e. The van der Waals surface area contributed by atoms with Crippen molar-refractivity contribution >= 4 is 5.69 Å². The zero-order valence-electron chi connectivity index (χ0n) is 11.9. The average molecular weight is 258 g/mol. The van der Waals surface area contributed by atoms with Gasteiger partial charge in [0.15, 0.2) is 0 Å². The van der Waals surface area contributed by atoms with Gasteiger partial charge in [0.1, 0.15) is 0 Å². The molecule has 1 heterocycles. The molecular weight excluding hydrogens is 236 g/mol. The summed E-state index contributed by atoms with van der Waals surface area (Å²) < 4.78 is 0. The van der Waals surface area contributed by atoms with E-state index in [1.807, 2.05) is 12.1 Å². The smallest absolute Gasteiger partial charge is 0.0992 e. The summed E-state index contributed by atoms with van der Waals surface area (Å²) >= 11 is 0. The number of benzene rings is 1. The summed E-state index contributed by atoms with van der Waals surface area (Å²) in [5.74, 6) is 0.656. The molecule has 0 aliphatic carbocycles. The highest BCUT2D eigenvalue weighted by atomic mass is 16.3. The Hall–Kier alpha value is -1.53. The van der Waals surface area contributed by atoms with E-state index in [2.05, 4.69) is 24.8 Å². The number of anilines is 1. The molecule has 0 spiro atoms. The number of nitrogens with zero attached hydrogens (tertiary/aromatic N) is 2. The van der Waals surface area contributed by atoms with Gasteiger partial charge >= 0.3 is 0 Å². The molecule has 1 fully saturated rings. The molecule has 0 aromatic heterocycles. The van der Waals surface area contributed by atoms with E-state index in [1.54, 1.807) is 13.0 Å². The van der Waals surface area contributed by atoms with Gasteiger partial charge in [-0.1, -0.05) is 13.0 Å². The SMILES string of the molecule is CC1CCC(C)N(c2cc(C#N)ccc2C(C)O)C1. The van der Waals surface area contributed by atoms with Crippen LogP contribution >= 0.6 is 0 Å². The zero-order chi connectivity index (χ0) is 14.0. The Morgan fingerprint density at radius 1 is 1.37 bits per heavy atom. The molecule has 0 saturated carbocycles. The van der Waals surface area contributed by atoms with E-state index in [-0.39, 0.29) is 0 Å². The van der Waals surface area contributed by atoms with Crippen LogP contribution in [0.25, 0.3) is 0 Å². The minimum atomic E-state index is -0.507. The van der Waals surface area contributed by atoms with E-state index >= 15 is 0 Å². The number of rotatable bonds is 2. The van der Waals surface area contributed by atoms with Crippen LogP contribution in [0, 0.1) is 17.2 Å². The van der Waals surface area contributed by atoms with Crippen LogP contribution in [0.4, 0.5) is 5.69 Å². The topological polar surface area (TPSA) is 47.3 Å². The van der Waals surface area contributed by atoms with Gasteiger partial charge in [0.05, 0.1) is 17.7 Å². The summed E-state index contributed by atoms with van der Waals surface area (Å²) in [5.41, 5.74) is 2.60. The second-order valence-corrected chi connectivity index (χ2v) is 5.75. The van der Waals surface area contributed by atoms with E-state index in [4.69, 9.17) is 5.26 Å². The molecule has 1 aliphatic heterocycles. The summed E-state index contributed by atoms with van der Waals surface area (Å²) in [5, 5.41) is 19.0. The van der Waals surface area contributed by atoms with Gasteiger partial charge < -0.3 is 10.0 Å². The summed E-state index contributed by atoms with van der Waals surface area (Å²) in [6.07, 6.45) is 1.91. The van der Waals surface area contributed by atoms with Crippen LogP contribution in [-0.2, 0) is 0 Å². The van der Waals surface area contributed by atoms with Crippen molar-refractivity contribution in [1.82, 2.24) is 0 Å². The Balaban J connectivity index is 2.43. The zero-order valence-corrected chi connectivity index (χ0v) is 11.9. The Labute approximate surface area is 115 Å². The first-order chi connectivity index (χ1) is 9.02. The van der Waals surface area contributed by atoms with E-state index < -0.39 is 6.10 Å². The lowest BCUT2D eigenvalue weighted by Gasteiger charge is -2.40. The molecule has 1 N–H and O–H groups in total. The largest absolute Gasteiger partial charge is 0.389 e. The number of piperidine rings is 1. The van der Waals surface area contributed by atoms with E-state index in [9.17, 15) is 5.11 Å². The van der Waals surface area contributed by atoms with Crippen molar-refractivity contribution in [1.29, 1.82) is 5.26 Å². The highest BCUT2D eigenvalue weighted by Gasteiger charge is 2.25. The molecule has 3 heteroatoms. The molecule has 0 bridgehead atoms. The Bertz CT molecular complexity index is 490. The van der Waals surface area contributed by atoms with Crippen molar-refractivity contribution in [2.45, 2.75) is 45.8 Å². The molecule has 1 saturated heterocycles. The van der Waals surface area contributed by atoms with Gasteiger partial charge in [-0.25, -0.2) is 0 Å². The number of hydrogen-bond acceptors (Lipinski definition) is 3. The maximum Gasteiger partial charge on any atom is 0.0992 e. The molecule has 1 aromatic carbocycles. The van der Waals surface area contributed by atoms with Crippen LogP contribution < -0.4 is 4.90 Å². The quantitative estimate of drug-likeness (QED) is 0.886. The first-order valence-electron chi connectivity index (χ1n) is 7.01. The second-order valence-electron chi connectivity index (χ2n) is 5.75. The molecule has 1 aliphatic rings. The molecule has 3 nitrogen and oxygen atoms in total. The van der Waals surface area contributed by atoms with Crippen LogP contribution in [0.3, 0.4) is 0 Å². The van der Waals surface area contributed by atoms with E-state index in [1.165, 1.54) is 6.42 Å². The summed E-state index contributed by atoms with van der Waals surface area (Å²) in [7, 11) is 0. The van der Waals surface area contributed by atoms with E-state index in [0.29, 0.717) is 17.5 Å². The number of aliphatic hydroxyl groups is 1. The molecule has 102 valence electrons. The Kier molecular flexibility index (Phi) is 4.11. The molecule has 2 rings (SSSR count). The van der Waals surface area contributed by atoms with Crippen LogP contribution in [0.2, 0.25) is 0 Å². The van der Waals surface area contributed by atoms with Gasteiger partial charge in [-0.2, -0.15) is 5.26 Å². The van der Waals surface area contributed by atoms with Gasteiger partial charge in [0.25, 0.3) is 0 Å². The lowest BCUT2D eigenvalue weighted by Crippen LogP contribution is -2.41. The highest BCUT2D eigenvalue weighted by molar-refractivity contribution is 5.59. The Morgan fingerprint density at radius 2 is 2.11 bits per heavy atom. The van der Waals surface area contributed by atoms with Gasteiger partial charge in [-0.05, 0) is 44.7 Å². The minimum absolute atomic E-state index is 0.461. The first kappa shape index (κ1) is 13.9. The van der Waals surface area contributed by atoms with Gasteiger partial charge in [-0.15, -0.1) is 0 Å². The molecule has 0 amide bonds. The molecule has 0 radical (unpaired) electrons. The lowest BCUT2D eigenvalue weighted by molar-refractivity contribution is 0.199. The molecule has 1 aromatic rings.